The number of hydrogen-bond acceptors (Lipinski definition) is 2. The molecule has 0 aliphatic rings. The van der Waals surface area contributed by atoms with E-state index in [-0.39, 0.29) is 5.91 Å². The topological polar surface area (TPSA) is 46.4 Å². The van der Waals surface area contributed by atoms with Gasteiger partial charge in [-0.2, -0.15) is 0 Å². The second kappa shape index (κ2) is 5.40. The van der Waals surface area contributed by atoms with Crippen molar-refractivity contribution in [3.8, 4) is 0 Å². The molecular formula is C17H17N3O. The van der Waals surface area contributed by atoms with Gasteiger partial charge in [-0.25, -0.2) is 4.98 Å². The van der Waals surface area contributed by atoms with Gasteiger partial charge in [0.2, 0.25) is 0 Å². The molecule has 3 aromatic rings. The van der Waals surface area contributed by atoms with Crippen molar-refractivity contribution in [2.45, 2.75) is 20.3 Å². The lowest BCUT2D eigenvalue weighted by molar-refractivity contribution is 0.102. The minimum absolute atomic E-state index is 0.178. The zero-order valence-electron chi connectivity index (χ0n) is 12.1. The third-order valence-electron chi connectivity index (χ3n) is 3.58. The number of benzene rings is 1. The first-order valence-electron chi connectivity index (χ1n) is 7.02. The molecule has 0 bridgehead atoms. The predicted octanol–water partition coefficient (Wildman–Crippen LogP) is 3.46. The molecule has 2 aromatic heterocycles. The first-order chi connectivity index (χ1) is 10.2. The lowest BCUT2D eigenvalue weighted by atomic mass is 10.1. The van der Waals surface area contributed by atoms with Crippen molar-refractivity contribution in [1.29, 1.82) is 0 Å². The molecule has 21 heavy (non-hydrogen) atoms. The first kappa shape index (κ1) is 13.4. The Morgan fingerprint density at radius 2 is 2.10 bits per heavy atom. The number of para-hydroxylation sites is 1. The number of aromatic nitrogens is 2. The van der Waals surface area contributed by atoms with E-state index in [0.29, 0.717) is 5.69 Å². The number of carbonyl (C=O) groups excluding carboxylic acids is 1. The molecule has 1 N–H and O–H groups in total. The average molecular weight is 279 g/mol. The standard InChI is InChI=1S/C17H17N3O/c1-3-13-8-6-7-12(2)16(13)19-17(21)14-11-20-10-5-4-9-15(20)18-14/h4-11H,3H2,1-2H3,(H,19,21). The summed E-state index contributed by atoms with van der Waals surface area (Å²) in [6, 6.07) is 11.7. The molecule has 0 spiro atoms. The lowest BCUT2D eigenvalue weighted by Crippen LogP contribution is -2.14. The van der Waals surface area contributed by atoms with Gasteiger partial charge in [0.15, 0.2) is 0 Å². The van der Waals surface area contributed by atoms with Crippen LogP contribution in [0.5, 0.6) is 0 Å². The van der Waals surface area contributed by atoms with E-state index < -0.39 is 0 Å². The second-order valence-corrected chi connectivity index (χ2v) is 5.01. The van der Waals surface area contributed by atoms with Gasteiger partial charge in [-0.15, -0.1) is 0 Å². The molecule has 4 nitrogen and oxygen atoms in total. The molecule has 3 rings (SSSR count). The van der Waals surface area contributed by atoms with Crippen LogP contribution in [-0.2, 0) is 6.42 Å². The highest BCUT2D eigenvalue weighted by Crippen LogP contribution is 2.21. The molecule has 0 saturated heterocycles. The fourth-order valence-electron chi connectivity index (χ4n) is 2.42. The van der Waals surface area contributed by atoms with Crippen molar-refractivity contribution in [3.63, 3.8) is 0 Å². The Morgan fingerprint density at radius 1 is 1.24 bits per heavy atom. The Bertz CT molecular complexity index is 772. The van der Waals surface area contributed by atoms with E-state index in [1.165, 1.54) is 0 Å². The van der Waals surface area contributed by atoms with Crippen LogP contribution < -0.4 is 5.32 Å². The Labute approximate surface area is 123 Å². The van der Waals surface area contributed by atoms with Crippen molar-refractivity contribution >= 4 is 17.2 Å². The molecule has 0 aliphatic heterocycles. The number of amides is 1. The number of fused-ring (bicyclic) bond motifs is 1. The van der Waals surface area contributed by atoms with Crippen LogP contribution in [0.1, 0.15) is 28.5 Å². The van der Waals surface area contributed by atoms with Crippen LogP contribution in [0.4, 0.5) is 5.69 Å². The minimum Gasteiger partial charge on any atom is -0.320 e. The molecular weight excluding hydrogens is 262 g/mol. The lowest BCUT2D eigenvalue weighted by Gasteiger charge is -2.11. The number of rotatable bonds is 3. The summed E-state index contributed by atoms with van der Waals surface area (Å²) in [6.07, 6.45) is 4.50. The average Bonchev–Trinajstić information content (AvgIpc) is 2.93. The second-order valence-electron chi connectivity index (χ2n) is 5.01. The zero-order chi connectivity index (χ0) is 14.8. The third-order valence-corrected chi connectivity index (χ3v) is 3.58. The normalized spacial score (nSPS) is 10.8. The van der Waals surface area contributed by atoms with Crippen LogP contribution in [0.15, 0.2) is 48.8 Å². The molecule has 1 amide bonds. The fraction of sp³-hybridized carbons (Fsp3) is 0.176. The summed E-state index contributed by atoms with van der Waals surface area (Å²) in [5.74, 6) is -0.178. The molecule has 0 atom stereocenters. The third kappa shape index (κ3) is 2.52. The number of carbonyl (C=O) groups is 1. The monoisotopic (exact) mass is 279 g/mol. The van der Waals surface area contributed by atoms with Crippen LogP contribution in [0.25, 0.3) is 5.65 Å². The summed E-state index contributed by atoms with van der Waals surface area (Å²) in [5, 5.41) is 2.99. The van der Waals surface area contributed by atoms with E-state index in [1.54, 1.807) is 6.20 Å². The molecule has 0 saturated carbocycles. The predicted molar refractivity (Wildman–Crippen MR) is 83.7 cm³/mol. The maximum Gasteiger partial charge on any atom is 0.275 e. The number of nitrogens with one attached hydrogen (secondary N) is 1. The van der Waals surface area contributed by atoms with Gasteiger partial charge in [0.25, 0.3) is 5.91 Å². The highest BCUT2D eigenvalue weighted by molar-refractivity contribution is 6.04. The molecule has 4 heteroatoms. The van der Waals surface area contributed by atoms with Crippen molar-refractivity contribution in [2.75, 3.05) is 5.32 Å². The Morgan fingerprint density at radius 3 is 2.86 bits per heavy atom. The van der Waals surface area contributed by atoms with E-state index in [0.717, 1.165) is 28.9 Å². The number of pyridine rings is 1. The van der Waals surface area contributed by atoms with Gasteiger partial charge in [0.05, 0.1) is 0 Å². The molecule has 106 valence electrons. The number of imidazole rings is 1. The summed E-state index contributed by atoms with van der Waals surface area (Å²) in [6.45, 7) is 4.08. The van der Waals surface area contributed by atoms with Gasteiger partial charge in [-0.1, -0.05) is 31.2 Å². The van der Waals surface area contributed by atoms with Crippen LogP contribution in [0.3, 0.4) is 0 Å². The maximum absolute atomic E-state index is 12.4. The van der Waals surface area contributed by atoms with E-state index in [1.807, 2.05) is 53.9 Å². The minimum atomic E-state index is -0.178. The Hall–Kier alpha value is -2.62. The molecule has 1 aromatic carbocycles. The number of hydrogen-bond donors (Lipinski definition) is 1. The summed E-state index contributed by atoms with van der Waals surface area (Å²) in [5.41, 5.74) is 4.27. The highest BCUT2D eigenvalue weighted by Gasteiger charge is 2.13. The van der Waals surface area contributed by atoms with Gasteiger partial charge in [-0.3, -0.25) is 4.79 Å². The maximum atomic E-state index is 12.4. The number of nitrogens with zero attached hydrogens (tertiary/aromatic N) is 2. The number of anilines is 1. The van der Waals surface area contributed by atoms with Gasteiger partial charge in [0, 0.05) is 18.1 Å². The van der Waals surface area contributed by atoms with Gasteiger partial charge < -0.3 is 9.72 Å². The van der Waals surface area contributed by atoms with Crippen LogP contribution in [0, 0.1) is 6.92 Å². The van der Waals surface area contributed by atoms with Gasteiger partial charge in [0.1, 0.15) is 11.3 Å². The van der Waals surface area contributed by atoms with Crippen molar-refractivity contribution in [2.24, 2.45) is 0 Å². The SMILES string of the molecule is CCc1cccc(C)c1NC(=O)c1cn2ccccc2n1. The van der Waals surface area contributed by atoms with E-state index >= 15 is 0 Å². The van der Waals surface area contributed by atoms with Gasteiger partial charge in [-0.05, 0) is 36.6 Å². The number of aryl methyl sites for hydroxylation is 2. The summed E-state index contributed by atoms with van der Waals surface area (Å²) in [4.78, 5) is 16.8. The highest BCUT2D eigenvalue weighted by atomic mass is 16.1. The molecule has 0 fully saturated rings. The Kier molecular flexibility index (Phi) is 3.44. The molecule has 0 unspecified atom stereocenters. The zero-order valence-corrected chi connectivity index (χ0v) is 12.1. The Balaban J connectivity index is 1.93. The first-order valence-corrected chi connectivity index (χ1v) is 7.02. The fourth-order valence-corrected chi connectivity index (χ4v) is 2.42. The van der Waals surface area contributed by atoms with E-state index in [9.17, 15) is 4.79 Å². The van der Waals surface area contributed by atoms with Crippen LogP contribution in [0.2, 0.25) is 0 Å². The quantitative estimate of drug-likeness (QED) is 0.798. The largest absolute Gasteiger partial charge is 0.320 e. The van der Waals surface area contributed by atoms with Crippen molar-refractivity contribution in [3.05, 3.63) is 65.6 Å². The summed E-state index contributed by atoms with van der Waals surface area (Å²) >= 11 is 0. The summed E-state index contributed by atoms with van der Waals surface area (Å²) < 4.78 is 1.84. The van der Waals surface area contributed by atoms with E-state index in [4.69, 9.17) is 0 Å². The van der Waals surface area contributed by atoms with Crippen molar-refractivity contribution in [1.82, 2.24) is 9.38 Å². The van der Waals surface area contributed by atoms with Crippen molar-refractivity contribution < 1.29 is 4.79 Å². The summed E-state index contributed by atoms with van der Waals surface area (Å²) in [7, 11) is 0. The van der Waals surface area contributed by atoms with E-state index in [2.05, 4.69) is 17.2 Å². The van der Waals surface area contributed by atoms with Crippen LogP contribution >= 0.6 is 0 Å². The molecule has 0 radical (unpaired) electrons. The van der Waals surface area contributed by atoms with Gasteiger partial charge >= 0.3 is 0 Å². The molecule has 2 heterocycles. The smallest absolute Gasteiger partial charge is 0.275 e. The molecule has 0 aliphatic carbocycles. The van der Waals surface area contributed by atoms with Crippen LogP contribution in [-0.4, -0.2) is 15.3 Å².